The molecule has 0 heterocycles. The highest BCUT2D eigenvalue weighted by atomic mass is 127. The van der Waals surface area contributed by atoms with Crippen LogP contribution in [0.15, 0.2) is 54.2 Å². The van der Waals surface area contributed by atoms with E-state index in [0.717, 1.165) is 26.9 Å². The Morgan fingerprint density at radius 2 is 2.00 bits per heavy atom. The van der Waals surface area contributed by atoms with Crippen LogP contribution >= 0.6 is 22.6 Å². The number of methoxy groups -OCH3 is 1. The first-order valence-electron chi connectivity index (χ1n) is 8.07. The Morgan fingerprint density at radius 3 is 2.62 bits per heavy atom. The topological polar surface area (TPSA) is 74.1 Å². The fourth-order valence-corrected chi connectivity index (χ4v) is 2.94. The van der Waals surface area contributed by atoms with Crippen molar-refractivity contribution in [3.63, 3.8) is 0 Å². The molecule has 5 nitrogen and oxygen atoms in total. The number of amides is 1. The molecular weight excluding hydrogens is 441 g/mol. The summed E-state index contributed by atoms with van der Waals surface area (Å²) < 4.78 is 6.22. The molecule has 0 fully saturated rings. The number of benzene rings is 2. The van der Waals surface area contributed by atoms with Crippen molar-refractivity contribution in [2.45, 2.75) is 13.3 Å². The van der Waals surface area contributed by atoms with Gasteiger partial charge in [-0.15, -0.1) is 0 Å². The molecule has 0 aromatic heterocycles. The Bertz CT molecular complexity index is 839. The van der Waals surface area contributed by atoms with E-state index in [4.69, 9.17) is 4.74 Å². The minimum Gasteiger partial charge on any atom is -0.497 e. The van der Waals surface area contributed by atoms with Crippen LogP contribution in [0.2, 0.25) is 0 Å². The number of nitriles is 1. The van der Waals surface area contributed by atoms with E-state index in [-0.39, 0.29) is 5.57 Å². The lowest BCUT2D eigenvalue weighted by molar-refractivity contribution is -0.112. The third-order valence-corrected chi connectivity index (χ3v) is 4.44. The zero-order valence-electron chi connectivity index (χ0n) is 14.7. The molecule has 0 radical (unpaired) electrons. The molecule has 134 valence electrons. The second-order valence-corrected chi connectivity index (χ2v) is 6.88. The van der Waals surface area contributed by atoms with Crippen LogP contribution in [0.3, 0.4) is 0 Å². The number of carbonyl (C=O) groups is 1. The van der Waals surface area contributed by atoms with Gasteiger partial charge in [0.05, 0.1) is 7.11 Å². The summed E-state index contributed by atoms with van der Waals surface area (Å²) in [7, 11) is 1.63. The SMILES string of the molecule is COc1ccc(CCN/C=C(/C#N)C(=O)Nc2ccc(I)cc2C)cc1. The van der Waals surface area contributed by atoms with E-state index in [0.29, 0.717) is 12.2 Å². The van der Waals surface area contributed by atoms with E-state index in [2.05, 4.69) is 33.2 Å². The summed E-state index contributed by atoms with van der Waals surface area (Å²) in [6, 6.07) is 15.4. The number of hydrogen-bond donors (Lipinski definition) is 2. The lowest BCUT2D eigenvalue weighted by Crippen LogP contribution is -2.18. The molecule has 2 rings (SSSR count). The van der Waals surface area contributed by atoms with Gasteiger partial charge in [-0.25, -0.2) is 0 Å². The van der Waals surface area contributed by atoms with Crippen LogP contribution in [0, 0.1) is 21.8 Å². The predicted octanol–water partition coefficient (Wildman–Crippen LogP) is 3.79. The van der Waals surface area contributed by atoms with Crippen LogP contribution in [-0.2, 0) is 11.2 Å². The van der Waals surface area contributed by atoms with Crippen LogP contribution in [0.1, 0.15) is 11.1 Å². The van der Waals surface area contributed by atoms with Gasteiger partial charge in [-0.2, -0.15) is 5.26 Å². The van der Waals surface area contributed by atoms with Crippen molar-refractivity contribution in [3.8, 4) is 11.8 Å². The maximum Gasteiger partial charge on any atom is 0.267 e. The summed E-state index contributed by atoms with van der Waals surface area (Å²) in [5, 5.41) is 15.0. The van der Waals surface area contributed by atoms with Crippen LogP contribution < -0.4 is 15.4 Å². The maximum atomic E-state index is 12.3. The zero-order valence-corrected chi connectivity index (χ0v) is 16.8. The highest BCUT2D eigenvalue weighted by Crippen LogP contribution is 2.18. The summed E-state index contributed by atoms with van der Waals surface area (Å²) in [6.07, 6.45) is 2.23. The Kier molecular flexibility index (Phi) is 7.48. The molecular formula is C20H20IN3O2. The largest absolute Gasteiger partial charge is 0.497 e. The molecule has 0 saturated carbocycles. The molecule has 0 spiro atoms. The van der Waals surface area contributed by atoms with Crippen molar-refractivity contribution in [1.29, 1.82) is 5.26 Å². The number of rotatable bonds is 7. The fraction of sp³-hybridized carbons (Fsp3) is 0.200. The van der Waals surface area contributed by atoms with Gasteiger partial charge in [0.15, 0.2) is 0 Å². The van der Waals surface area contributed by atoms with Crippen molar-refractivity contribution in [3.05, 3.63) is 68.9 Å². The molecule has 2 aromatic carbocycles. The molecule has 0 aliphatic carbocycles. The summed E-state index contributed by atoms with van der Waals surface area (Å²) in [5.41, 5.74) is 2.84. The Balaban J connectivity index is 1.90. The van der Waals surface area contributed by atoms with Gasteiger partial charge in [0, 0.05) is 22.0 Å². The first kappa shape index (κ1) is 19.8. The highest BCUT2D eigenvalue weighted by Gasteiger charge is 2.10. The first-order chi connectivity index (χ1) is 12.5. The third kappa shape index (κ3) is 5.77. The number of nitrogens with one attached hydrogen (secondary N) is 2. The van der Waals surface area contributed by atoms with E-state index in [1.165, 1.54) is 6.20 Å². The Labute approximate surface area is 167 Å². The lowest BCUT2D eigenvalue weighted by Gasteiger charge is -2.08. The van der Waals surface area contributed by atoms with Crippen LogP contribution in [0.5, 0.6) is 5.75 Å². The minimum atomic E-state index is -0.422. The van der Waals surface area contributed by atoms with Gasteiger partial charge in [0.2, 0.25) is 0 Å². The molecule has 0 saturated heterocycles. The van der Waals surface area contributed by atoms with Crippen molar-refractivity contribution in [1.82, 2.24) is 5.32 Å². The van der Waals surface area contributed by atoms with Gasteiger partial charge in [-0.05, 0) is 77.4 Å². The molecule has 0 aliphatic rings. The quantitative estimate of drug-likeness (QED) is 0.285. The number of nitrogens with zero attached hydrogens (tertiary/aromatic N) is 1. The van der Waals surface area contributed by atoms with Crippen LogP contribution in [0.4, 0.5) is 5.69 Å². The first-order valence-corrected chi connectivity index (χ1v) is 9.15. The highest BCUT2D eigenvalue weighted by molar-refractivity contribution is 14.1. The number of anilines is 1. The molecule has 0 unspecified atom stereocenters. The van der Waals surface area contributed by atoms with Crippen molar-refractivity contribution in [2.75, 3.05) is 19.0 Å². The molecule has 26 heavy (non-hydrogen) atoms. The molecule has 1 amide bonds. The second kappa shape index (κ2) is 9.82. The van der Waals surface area contributed by atoms with Gasteiger partial charge in [-0.3, -0.25) is 4.79 Å². The minimum absolute atomic E-state index is 0.0395. The molecule has 2 aromatic rings. The van der Waals surface area contributed by atoms with Gasteiger partial charge >= 0.3 is 0 Å². The number of hydrogen-bond acceptors (Lipinski definition) is 4. The lowest BCUT2D eigenvalue weighted by atomic mass is 10.1. The van der Waals surface area contributed by atoms with Gasteiger partial charge in [-0.1, -0.05) is 12.1 Å². The molecule has 0 bridgehead atoms. The van der Waals surface area contributed by atoms with E-state index in [1.807, 2.05) is 55.5 Å². The fourth-order valence-electron chi connectivity index (χ4n) is 2.29. The summed E-state index contributed by atoms with van der Waals surface area (Å²) >= 11 is 2.21. The van der Waals surface area contributed by atoms with Crippen molar-refractivity contribution < 1.29 is 9.53 Å². The summed E-state index contributed by atoms with van der Waals surface area (Å²) in [4.78, 5) is 12.3. The smallest absolute Gasteiger partial charge is 0.267 e. The van der Waals surface area contributed by atoms with E-state index in [9.17, 15) is 10.1 Å². The van der Waals surface area contributed by atoms with Gasteiger partial charge in [0.25, 0.3) is 5.91 Å². The third-order valence-electron chi connectivity index (χ3n) is 3.77. The van der Waals surface area contributed by atoms with E-state index >= 15 is 0 Å². The number of carbonyl (C=O) groups excluding carboxylic acids is 1. The summed E-state index contributed by atoms with van der Waals surface area (Å²) in [6.45, 7) is 2.54. The van der Waals surface area contributed by atoms with Crippen LogP contribution in [0.25, 0.3) is 0 Å². The molecule has 6 heteroatoms. The second-order valence-electron chi connectivity index (χ2n) is 5.64. The Morgan fingerprint density at radius 1 is 1.27 bits per heavy atom. The zero-order chi connectivity index (χ0) is 18.9. The Hall–Kier alpha value is -2.53. The summed E-state index contributed by atoms with van der Waals surface area (Å²) in [5.74, 6) is 0.393. The van der Waals surface area contributed by atoms with Gasteiger partial charge in [0.1, 0.15) is 17.4 Å². The van der Waals surface area contributed by atoms with Crippen molar-refractivity contribution in [2.24, 2.45) is 0 Å². The average Bonchev–Trinajstić information content (AvgIpc) is 2.64. The van der Waals surface area contributed by atoms with Gasteiger partial charge < -0.3 is 15.4 Å². The molecule has 2 N–H and O–H groups in total. The van der Waals surface area contributed by atoms with E-state index < -0.39 is 5.91 Å². The molecule has 0 atom stereocenters. The number of halogens is 1. The standard InChI is InChI=1S/C20H20IN3O2/c1-14-11-17(21)5-8-19(14)24-20(25)16(12-22)13-23-10-9-15-3-6-18(26-2)7-4-15/h3-8,11,13,23H,9-10H2,1-2H3,(H,24,25)/b16-13-. The maximum absolute atomic E-state index is 12.3. The number of ether oxygens (including phenoxy) is 1. The predicted molar refractivity (Wildman–Crippen MR) is 111 cm³/mol. The van der Waals surface area contributed by atoms with Crippen LogP contribution in [-0.4, -0.2) is 19.6 Å². The monoisotopic (exact) mass is 461 g/mol. The van der Waals surface area contributed by atoms with Crippen molar-refractivity contribution >= 4 is 34.2 Å². The van der Waals surface area contributed by atoms with E-state index in [1.54, 1.807) is 7.11 Å². The average molecular weight is 461 g/mol. The molecule has 0 aliphatic heterocycles. The normalized spacial score (nSPS) is 10.8. The number of aryl methyl sites for hydroxylation is 1.